The van der Waals surface area contributed by atoms with Crippen molar-refractivity contribution < 1.29 is 28.5 Å². The van der Waals surface area contributed by atoms with E-state index in [0.29, 0.717) is 55.8 Å². The van der Waals surface area contributed by atoms with Gasteiger partial charge in [-0.1, -0.05) is 23.5 Å². The molecule has 0 radical (unpaired) electrons. The predicted molar refractivity (Wildman–Crippen MR) is 153 cm³/mol. The van der Waals surface area contributed by atoms with Gasteiger partial charge in [0.25, 0.3) is 5.56 Å². The maximum Gasteiger partial charge on any atom is 0.338 e. The fourth-order valence-corrected chi connectivity index (χ4v) is 5.56. The number of rotatable bonds is 10. The van der Waals surface area contributed by atoms with Gasteiger partial charge in [0.1, 0.15) is 0 Å². The second-order valence-corrected chi connectivity index (χ2v) is 10.2. The molecule has 2 heterocycles. The van der Waals surface area contributed by atoms with Gasteiger partial charge in [-0.05, 0) is 76.1 Å². The third kappa shape index (κ3) is 5.77. The lowest BCUT2D eigenvalue weighted by molar-refractivity contribution is -0.139. The van der Waals surface area contributed by atoms with Crippen molar-refractivity contribution in [1.29, 1.82) is 0 Å². The molecule has 1 aliphatic rings. The summed E-state index contributed by atoms with van der Waals surface area (Å²) in [4.78, 5) is 32.2. The smallest absolute Gasteiger partial charge is 0.338 e. The summed E-state index contributed by atoms with van der Waals surface area (Å²) in [6, 6.07) is 10.1. The van der Waals surface area contributed by atoms with Crippen molar-refractivity contribution in [1.82, 2.24) is 4.57 Å². The summed E-state index contributed by atoms with van der Waals surface area (Å²) in [5.41, 5.74) is 1.94. The SMILES string of the molecule is CCOC(=O)C1=C(C)N=c2s/c(=C\c3ccc(OC(C)C)c(OCC)c3)c(=O)n2[C@@H]1c1ccc(OC)c(OC)c1. The molecule has 0 spiro atoms. The van der Waals surface area contributed by atoms with E-state index in [1.807, 2.05) is 45.0 Å². The van der Waals surface area contributed by atoms with Crippen molar-refractivity contribution in [2.24, 2.45) is 4.99 Å². The summed E-state index contributed by atoms with van der Waals surface area (Å²) < 4.78 is 30.0. The van der Waals surface area contributed by atoms with Gasteiger partial charge in [-0.25, -0.2) is 9.79 Å². The van der Waals surface area contributed by atoms with Crippen LogP contribution >= 0.6 is 11.3 Å². The number of thiazole rings is 1. The minimum Gasteiger partial charge on any atom is -0.493 e. The summed E-state index contributed by atoms with van der Waals surface area (Å²) in [7, 11) is 3.08. The molecule has 0 amide bonds. The van der Waals surface area contributed by atoms with E-state index >= 15 is 0 Å². The molecule has 0 saturated heterocycles. The number of esters is 1. The lowest BCUT2D eigenvalue weighted by Gasteiger charge is -2.25. The van der Waals surface area contributed by atoms with E-state index in [4.69, 9.17) is 23.7 Å². The van der Waals surface area contributed by atoms with Crippen LogP contribution in [0.25, 0.3) is 6.08 Å². The molecule has 0 unspecified atom stereocenters. The predicted octanol–water partition coefficient (Wildman–Crippen LogP) is 4.00. The summed E-state index contributed by atoms with van der Waals surface area (Å²) >= 11 is 1.25. The van der Waals surface area contributed by atoms with Crippen LogP contribution in [0, 0.1) is 0 Å². The van der Waals surface area contributed by atoms with Crippen molar-refractivity contribution in [2.45, 2.75) is 46.8 Å². The maximum atomic E-state index is 13.9. The number of aromatic nitrogens is 1. The first-order chi connectivity index (χ1) is 19.2. The van der Waals surface area contributed by atoms with E-state index in [9.17, 15) is 9.59 Å². The highest BCUT2D eigenvalue weighted by atomic mass is 32.1. The normalized spacial score (nSPS) is 15.0. The largest absolute Gasteiger partial charge is 0.493 e. The monoisotopic (exact) mass is 566 g/mol. The van der Waals surface area contributed by atoms with E-state index in [2.05, 4.69) is 4.99 Å². The van der Waals surface area contributed by atoms with Gasteiger partial charge in [0.2, 0.25) is 0 Å². The van der Waals surface area contributed by atoms with Crippen LogP contribution in [-0.4, -0.2) is 44.1 Å². The molecule has 0 bridgehead atoms. The highest BCUT2D eigenvalue weighted by Gasteiger charge is 2.34. The first kappa shape index (κ1) is 28.9. The number of benzene rings is 2. The van der Waals surface area contributed by atoms with Gasteiger partial charge in [-0.2, -0.15) is 0 Å². The number of hydrogen-bond acceptors (Lipinski definition) is 9. The highest BCUT2D eigenvalue weighted by molar-refractivity contribution is 7.07. The Bertz CT molecular complexity index is 1620. The molecule has 10 heteroatoms. The van der Waals surface area contributed by atoms with Gasteiger partial charge in [-0.3, -0.25) is 9.36 Å². The van der Waals surface area contributed by atoms with E-state index in [-0.39, 0.29) is 18.3 Å². The standard InChI is InChI=1S/C30H34N2O7S/c1-8-37-24-14-19(10-12-22(24)39-17(3)4)15-25-28(33)32-27(20-11-13-21(35-6)23(16-20)36-7)26(29(34)38-9-2)18(5)31-30(32)40-25/h10-17,27H,8-9H2,1-7H3/b25-15-/t27-/m1/s1. The molecule has 2 aromatic carbocycles. The third-order valence-electron chi connectivity index (χ3n) is 6.17. The molecule has 9 nitrogen and oxygen atoms in total. The molecule has 1 aliphatic heterocycles. The quantitative estimate of drug-likeness (QED) is 0.342. The van der Waals surface area contributed by atoms with E-state index < -0.39 is 12.0 Å². The van der Waals surface area contributed by atoms with Crippen molar-refractivity contribution in [2.75, 3.05) is 27.4 Å². The average Bonchev–Trinajstić information content (AvgIpc) is 3.22. The van der Waals surface area contributed by atoms with Crippen molar-refractivity contribution in [3.8, 4) is 23.0 Å². The van der Waals surface area contributed by atoms with Crippen LogP contribution in [0.1, 0.15) is 51.8 Å². The van der Waals surface area contributed by atoms with Crippen LogP contribution in [0.5, 0.6) is 23.0 Å². The fourth-order valence-electron chi connectivity index (χ4n) is 4.52. The van der Waals surface area contributed by atoms with Crippen LogP contribution in [0.15, 0.2) is 57.5 Å². The van der Waals surface area contributed by atoms with Gasteiger partial charge in [0.05, 0.1) is 55.4 Å². The van der Waals surface area contributed by atoms with Gasteiger partial charge in [0.15, 0.2) is 27.8 Å². The number of fused-ring (bicyclic) bond motifs is 1. The van der Waals surface area contributed by atoms with Crippen LogP contribution in [-0.2, 0) is 9.53 Å². The minimum atomic E-state index is -0.766. The van der Waals surface area contributed by atoms with Gasteiger partial charge >= 0.3 is 5.97 Å². The summed E-state index contributed by atoms with van der Waals surface area (Å²) in [5, 5.41) is 0. The van der Waals surface area contributed by atoms with Crippen molar-refractivity contribution in [3.05, 3.63) is 78.5 Å². The number of ether oxygens (including phenoxy) is 5. The Morgan fingerprint density at radius 2 is 1.75 bits per heavy atom. The molecule has 0 aliphatic carbocycles. The van der Waals surface area contributed by atoms with Crippen LogP contribution < -0.4 is 33.8 Å². The third-order valence-corrected chi connectivity index (χ3v) is 7.15. The van der Waals surface area contributed by atoms with Crippen LogP contribution in [0.3, 0.4) is 0 Å². The Labute approximate surface area is 236 Å². The summed E-state index contributed by atoms with van der Waals surface area (Å²) in [5.74, 6) is 1.72. The molecule has 4 rings (SSSR count). The minimum absolute atomic E-state index is 0.0119. The Kier molecular flexibility index (Phi) is 8.99. The van der Waals surface area contributed by atoms with E-state index in [1.165, 1.54) is 23.0 Å². The lowest BCUT2D eigenvalue weighted by atomic mass is 9.95. The second-order valence-electron chi connectivity index (χ2n) is 9.22. The Balaban J connectivity index is 1.91. The first-order valence-electron chi connectivity index (χ1n) is 13.1. The zero-order valence-corrected chi connectivity index (χ0v) is 24.6. The molecule has 40 heavy (non-hydrogen) atoms. The molecule has 0 saturated carbocycles. The first-order valence-corrected chi connectivity index (χ1v) is 13.9. The van der Waals surface area contributed by atoms with Gasteiger partial charge in [0, 0.05) is 0 Å². The fraction of sp³-hybridized carbons (Fsp3) is 0.367. The summed E-state index contributed by atoms with van der Waals surface area (Å²) in [6.07, 6.45) is 1.78. The van der Waals surface area contributed by atoms with Crippen LogP contribution in [0.2, 0.25) is 0 Å². The Morgan fingerprint density at radius 1 is 1.02 bits per heavy atom. The number of carbonyl (C=O) groups excluding carboxylic acids is 1. The van der Waals surface area contributed by atoms with E-state index in [1.54, 1.807) is 39.2 Å². The molecule has 0 N–H and O–H groups in total. The molecule has 1 aromatic heterocycles. The zero-order chi connectivity index (χ0) is 29.0. The number of methoxy groups -OCH3 is 2. The van der Waals surface area contributed by atoms with Crippen molar-refractivity contribution >= 4 is 23.4 Å². The van der Waals surface area contributed by atoms with E-state index in [0.717, 1.165) is 5.56 Å². The highest BCUT2D eigenvalue weighted by Crippen LogP contribution is 2.36. The molecule has 3 aromatic rings. The zero-order valence-electron chi connectivity index (χ0n) is 23.8. The maximum absolute atomic E-state index is 13.9. The number of allylic oxidation sites excluding steroid dienone is 1. The van der Waals surface area contributed by atoms with Gasteiger partial charge in [-0.15, -0.1) is 0 Å². The summed E-state index contributed by atoms with van der Waals surface area (Å²) in [6.45, 7) is 9.96. The average molecular weight is 567 g/mol. The second kappa shape index (κ2) is 12.4. The molecular weight excluding hydrogens is 532 g/mol. The molecular formula is C30H34N2O7S. The number of carbonyl (C=O) groups is 1. The number of hydrogen-bond donors (Lipinski definition) is 0. The van der Waals surface area contributed by atoms with Crippen molar-refractivity contribution in [3.63, 3.8) is 0 Å². The lowest BCUT2D eigenvalue weighted by Crippen LogP contribution is -2.40. The molecule has 0 fully saturated rings. The van der Waals surface area contributed by atoms with Crippen LogP contribution in [0.4, 0.5) is 0 Å². The Morgan fingerprint density at radius 3 is 2.40 bits per heavy atom. The number of nitrogens with zero attached hydrogens (tertiary/aromatic N) is 2. The van der Waals surface area contributed by atoms with Gasteiger partial charge < -0.3 is 23.7 Å². The topological polar surface area (TPSA) is 97.6 Å². The Hall–Kier alpha value is -4.05. The molecule has 212 valence electrons. The molecule has 1 atom stereocenters.